The van der Waals surface area contributed by atoms with Crippen molar-refractivity contribution < 1.29 is 22.7 Å². The average molecular weight is 534 g/mol. The summed E-state index contributed by atoms with van der Waals surface area (Å²) in [6.07, 6.45) is 5.97. The molecule has 11 heteroatoms. The van der Waals surface area contributed by atoms with Crippen molar-refractivity contribution in [3.05, 3.63) is 66.0 Å². The lowest BCUT2D eigenvalue weighted by atomic mass is 10.2. The molecular weight excluding hydrogens is 494 g/mol. The molecule has 2 heterocycles. The van der Waals surface area contributed by atoms with Gasteiger partial charge in [-0.25, -0.2) is 17.9 Å². The summed E-state index contributed by atoms with van der Waals surface area (Å²) in [4.78, 5) is 18.2. The first-order valence-corrected chi connectivity index (χ1v) is 14.4. The van der Waals surface area contributed by atoms with Crippen LogP contribution >= 0.6 is 0 Å². The van der Waals surface area contributed by atoms with E-state index in [9.17, 15) is 13.2 Å². The number of carbonyl (C=O) groups excluding carboxylic acids is 1. The Morgan fingerprint density at radius 3 is 2.54 bits per heavy atom. The maximum Gasteiger partial charge on any atom is 0.315 e. The van der Waals surface area contributed by atoms with Crippen LogP contribution in [0.4, 0.5) is 4.79 Å². The topological polar surface area (TPSA) is 122 Å². The molecule has 1 saturated heterocycles. The van der Waals surface area contributed by atoms with Crippen LogP contribution < -0.4 is 15.4 Å². The molecule has 1 aromatic heterocycles. The predicted molar refractivity (Wildman–Crippen MR) is 142 cm³/mol. The number of carbonyl (C=O) groups is 1. The number of pyridine rings is 1. The van der Waals surface area contributed by atoms with E-state index in [1.54, 1.807) is 12.4 Å². The van der Waals surface area contributed by atoms with Gasteiger partial charge in [0.15, 0.2) is 5.44 Å². The van der Waals surface area contributed by atoms with E-state index in [4.69, 9.17) is 9.47 Å². The van der Waals surface area contributed by atoms with Crippen LogP contribution in [0.2, 0.25) is 0 Å². The standard InChI is InChI=1S/C26H39N5O5S/c32-26(29-21-24-10-7-12-27-20-24)28-13-6-2-5-11-25(36-22-23-8-3-1-4-9-23)37(33,34)30-14-15-31-16-18-35-19-17-31/h1,3-4,7-10,12,20,25,30H,2,5-6,11,13-19,21-22H2,(H2,28,29,32). The zero-order valence-electron chi connectivity index (χ0n) is 21.3. The monoisotopic (exact) mass is 533 g/mol. The van der Waals surface area contributed by atoms with Crippen molar-refractivity contribution in [2.45, 2.75) is 44.3 Å². The lowest BCUT2D eigenvalue weighted by molar-refractivity contribution is 0.0388. The number of urea groups is 1. The molecule has 3 N–H and O–H groups in total. The van der Waals surface area contributed by atoms with Crippen LogP contribution in [0.1, 0.15) is 36.8 Å². The quantitative estimate of drug-likeness (QED) is 0.283. The fourth-order valence-corrected chi connectivity index (χ4v) is 5.20. The van der Waals surface area contributed by atoms with E-state index in [2.05, 4.69) is 25.2 Å². The number of morpholine rings is 1. The highest BCUT2D eigenvalue weighted by molar-refractivity contribution is 7.89. The molecule has 1 aliphatic rings. The molecule has 204 valence electrons. The normalized spacial score (nSPS) is 15.2. The summed E-state index contributed by atoms with van der Waals surface area (Å²) in [7, 11) is -3.65. The van der Waals surface area contributed by atoms with Crippen LogP contribution in [0.5, 0.6) is 0 Å². The van der Waals surface area contributed by atoms with Gasteiger partial charge in [0.1, 0.15) is 0 Å². The Balaban J connectivity index is 1.38. The minimum absolute atomic E-state index is 0.231. The van der Waals surface area contributed by atoms with Crippen molar-refractivity contribution in [3.63, 3.8) is 0 Å². The van der Waals surface area contributed by atoms with Crippen LogP contribution in [-0.4, -0.2) is 75.7 Å². The van der Waals surface area contributed by atoms with Gasteiger partial charge in [0, 0.05) is 51.7 Å². The Morgan fingerprint density at radius 1 is 1.00 bits per heavy atom. The number of aromatic nitrogens is 1. The molecule has 2 aromatic rings. The molecule has 1 aromatic carbocycles. The number of nitrogens with one attached hydrogen (secondary N) is 3. The zero-order valence-corrected chi connectivity index (χ0v) is 22.1. The van der Waals surface area contributed by atoms with Gasteiger partial charge >= 0.3 is 6.03 Å². The molecule has 1 fully saturated rings. The van der Waals surface area contributed by atoms with Gasteiger partial charge in [-0.1, -0.05) is 42.8 Å². The number of ether oxygens (including phenoxy) is 2. The van der Waals surface area contributed by atoms with E-state index in [0.717, 1.165) is 37.1 Å². The van der Waals surface area contributed by atoms with E-state index in [0.29, 0.717) is 52.2 Å². The Morgan fingerprint density at radius 2 is 1.78 bits per heavy atom. The number of nitrogens with zero attached hydrogens (tertiary/aromatic N) is 2. The van der Waals surface area contributed by atoms with Crippen LogP contribution in [-0.2, 0) is 32.6 Å². The number of sulfonamides is 1. The Kier molecular flexibility index (Phi) is 12.8. The minimum Gasteiger partial charge on any atom is -0.379 e. The second-order valence-corrected chi connectivity index (χ2v) is 10.8. The Bertz CT molecular complexity index is 1000. The molecule has 0 bridgehead atoms. The van der Waals surface area contributed by atoms with Crippen LogP contribution in [0.3, 0.4) is 0 Å². The average Bonchev–Trinajstić information content (AvgIpc) is 2.92. The second-order valence-electron chi connectivity index (χ2n) is 8.94. The molecule has 10 nitrogen and oxygen atoms in total. The van der Waals surface area contributed by atoms with E-state index in [-0.39, 0.29) is 12.6 Å². The molecule has 37 heavy (non-hydrogen) atoms. The minimum atomic E-state index is -3.65. The smallest absolute Gasteiger partial charge is 0.315 e. The van der Waals surface area contributed by atoms with E-state index in [1.165, 1.54) is 0 Å². The summed E-state index contributed by atoms with van der Waals surface area (Å²) < 4.78 is 40.0. The zero-order chi connectivity index (χ0) is 26.2. The third kappa shape index (κ3) is 11.6. The highest BCUT2D eigenvalue weighted by atomic mass is 32.2. The first kappa shape index (κ1) is 29.0. The number of hydrogen-bond acceptors (Lipinski definition) is 7. The molecule has 0 spiro atoms. The van der Waals surface area contributed by atoms with Crippen LogP contribution in [0.15, 0.2) is 54.9 Å². The van der Waals surface area contributed by atoms with Crippen molar-refractivity contribution in [2.24, 2.45) is 0 Å². The van der Waals surface area contributed by atoms with E-state index < -0.39 is 15.5 Å². The molecule has 3 rings (SSSR count). The van der Waals surface area contributed by atoms with Gasteiger partial charge in [-0.05, 0) is 36.5 Å². The van der Waals surface area contributed by atoms with Gasteiger partial charge in [0.2, 0.25) is 10.0 Å². The van der Waals surface area contributed by atoms with E-state index >= 15 is 0 Å². The largest absolute Gasteiger partial charge is 0.379 e. The summed E-state index contributed by atoms with van der Waals surface area (Å²) in [6.45, 7) is 5.11. The molecule has 0 radical (unpaired) electrons. The lowest BCUT2D eigenvalue weighted by Crippen LogP contribution is -2.43. The van der Waals surface area contributed by atoms with Gasteiger partial charge in [-0.15, -0.1) is 0 Å². The van der Waals surface area contributed by atoms with Gasteiger partial charge in [-0.3, -0.25) is 9.88 Å². The van der Waals surface area contributed by atoms with Gasteiger partial charge in [0.05, 0.1) is 19.8 Å². The van der Waals surface area contributed by atoms with Crippen LogP contribution in [0.25, 0.3) is 0 Å². The van der Waals surface area contributed by atoms with Crippen molar-refractivity contribution >= 4 is 16.1 Å². The lowest BCUT2D eigenvalue weighted by Gasteiger charge is -2.27. The fraction of sp³-hybridized carbons (Fsp3) is 0.538. The number of rotatable bonds is 16. The molecule has 0 aliphatic carbocycles. The van der Waals surface area contributed by atoms with E-state index in [1.807, 2.05) is 42.5 Å². The van der Waals surface area contributed by atoms with Gasteiger partial charge in [-0.2, -0.15) is 0 Å². The summed E-state index contributed by atoms with van der Waals surface area (Å²) in [5, 5.41) is 5.63. The number of benzene rings is 1. The predicted octanol–water partition coefficient (Wildman–Crippen LogP) is 2.24. The first-order valence-electron chi connectivity index (χ1n) is 12.9. The molecule has 2 amide bonds. The summed E-state index contributed by atoms with van der Waals surface area (Å²) in [5.41, 5.74) is 0.921. The van der Waals surface area contributed by atoms with Gasteiger partial charge in [0.25, 0.3) is 0 Å². The molecule has 1 atom stereocenters. The summed E-state index contributed by atoms with van der Waals surface area (Å²) in [6, 6.07) is 13.0. The first-order chi connectivity index (χ1) is 18.0. The Hall–Kier alpha value is -2.57. The number of amides is 2. The summed E-state index contributed by atoms with van der Waals surface area (Å²) in [5.74, 6) is 0. The van der Waals surface area contributed by atoms with Gasteiger partial charge < -0.3 is 20.1 Å². The third-order valence-electron chi connectivity index (χ3n) is 6.04. The molecule has 1 aliphatic heterocycles. The highest BCUT2D eigenvalue weighted by Gasteiger charge is 2.26. The number of hydrogen-bond donors (Lipinski definition) is 3. The van der Waals surface area contributed by atoms with Crippen molar-refractivity contribution in [1.82, 2.24) is 25.2 Å². The maximum absolute atomic E-state index is 13.0. The van der Waals surface area contributed by atoms with Crippen LogP contribution in [0, 0.1) is 0 Å². The SMILES string of the molecule is O=C(NCCCCCC(OCc1ccccc1)S(=O)(=O)NCCN1CCOCC1)NCc1cccnc1. The molecular formula is C26H39N5O5S. The summed E-state index contributed by atoms with van der Waals surface area (Å²) >= 11 is 0. The molecule has 0 saturated carbocycles. The Labute approximate surface area is 220 Å². The number of unbranched alkanes of at least 4 members (excludes halogenated alkanes) is 2. The molecule has 1 unspecified atom stereocenters. The van der Waals surface area contributed by atoms with Crippen molar-refractivity contribution in [3.8, 4) is 0 Å². The van der Waals surface area contributed by atoms with Crippen molar-refractivity contribution in [1.29, 1.82) is 0 Å². The van der Waals surface area contributed by atoms with Crippen molar-refractivity contribution in [2.75, 3.05) is 45.9 Å². The highest BCUT2D eigenvalue weighted by Crippen LogP contribution is 2.15. The fourth-order valence-electron chi connectivity index (χ4n) is 3.92. The second kappa shape index (κ2) is 16.3. The maximum atomic E-state index is 13.0. The third-order valence-corrected chi connectivity index (χ3v) is 7.71.